The zero-order valence-corrected chi connectivity index (χ0v) is 13.2. The average Bonchev–Trinajstić information content (AvgIpc) is 2.26. The van der Waals surface area contributed by atoms with Gasteiger partial charge >= 0.3 is 0 Å². The highest BCUT2D eigenvalue weighted by Crippen LogP contribution is 2.02. The molecule has 0 saturated carbocycles. The second-order valence-corrected chi connectivity index (χ2v) is 7.56. The molecular weight excluding hydrogens is 266 g/mol. The molecular formula is C13H27NO4S. The van der Waals surface area contributed by atoms with Crippen molar-refractivity contribution in [1.82, 2.24) is 0 Å². The lowest BCUT2D eigenvalue weighted by atomic mass is 10.1. The average molecular weight is 293 g/mol. The van der Waals surface area contributed by atoms with Gasteiger partial charge in [-0.25, -0.2) is 8.42 Å². The number of nitrogens with zero attached hydrogens (tertiary/aromatic N) is 1. The molecule has 1 atom stereocenters. The Balaban J connectivity index is 3.62. The van der Waals surface area contributed by atoms with Crippen LogP contribution in [0, 0.1) is 5.92 Å². The highest BCUT2D eigenvalue weighted by Gasteiger charge is 2.16. The Morgan fingerprint density at radius 2 is 1.89 bits per heavy atom. The van der Waals surface area contributed by atoms with E-state index >= 15 is 0 Å². The summed E-state index contributed by atoms with van der Waals surface area (Å²) >= 11 is 0. The molecule has 0 rings (SSSR count). The van der Waals surface area contributed by atoms with Gasteiger partial charge in [-0.2, -0.15) is 0 Å². The molecule has 0 aromatic carbocycles. The Morgan fingerprint density at radius 3 is 2.42 bits per heavy atom. The first-order chi connectivity index (χ1) is 8.75. The fourth-order valence-corrected chi connectivity index (χ4v) is 2.45. The molecule has 0 aliphatic carbocycles. The molecule has 0 aromatic heterocycles. The van der Waals surface area contributed by atoms with E-state index in [4.69, 9.17) is 9.84 Å². The van der Waals surface area contributed by atoms with Crippen molar-refractivity contribution in [3.05, 3.63) is 0 Å². The van der Waals surface area contributed by atoms with Crippen LogP contribution in [-0.4, -0.2) is 50.2 Å². The quantitative estimate of drug-likeness (QED) is 0.491. The van der Waals surface area contributed by atoms with E-state index in [0.717, 1.165) is 12.1 Å². The first kappa shape index (κ1) is 18.5. The minimum atomic E-state index is -3.37. The summed E-state index contributed by atoms with van der Waals surface area (Å²) in [6.07, 6.45) is 1.40. The molecule has 0 bridgehead atoms. The summed E-state index contributed by atoms with van der Waals surface area (Å²) in [6.45, 7) is 9.07. The minimum absolute atomic E-state index is 0.0414. The molecule has 0 saturated heterocycles. The van der Waals surface area contributed by atoms with E-state index in [2.05, 4.69) is 18.8 Å². The van der Waals surface area contributed by atoms with Gasteiger partial charge in [0, 0.05) is 12.3 Å². The number of hydrogen-bond donors (Lipinski definition) is 1. The second-order valence-electron chi connectivity index (χ2n) is 5.15. The molecule has 0 aromatic rings. The van der Waals surface area contributed by atoms with Crippen LogP contribution in [-0.2, 0) is 14.6 Å². The molecule has 1 unspecified atom stereocenters. The molecule has 0 heterocycles. The summed E-state index contributed by atoms with van der Waals surface area (Å²) in [5.74, 6) is 0.565. The van der Waals surface area contributed by atoms with Crippen molar-refractivity contribution in [3.8, 4) is 0 Å². The molecule has 0 spiro atoms. The maximum absolute atomic E-state index is 11.3. The van der Waals surface area contributed by atoms with E-state index in [9.17, 15) is 8.42 Å². The summed E-state index contributed by atoms with van der Waals surface area (Å²) in [5.41, 5.74) is -0.175. The van der Waals surface area contributed by atoms with E-state index < -0.39 is 15.3 Å². The van der Waals surface area contributed by atoms with Gasteiger partial charge in [-0.1, -0.05) is 13.8 Å². The molecule has 0 fully saturated rings. The molecule has 1 N–H and O–H groups in total. The number of sulfone groups is 1. The van der Waals surface area contributed by atoms with Gasteiger partial charge in [-0.3, -0.25) is 4.99 Å². The standard InChI is InChI=1S/C13H27NO4S/c1-11(2)10-12(3)14-6-8-18-7-5-9-19(16,17)13(4)15/h11,13,15H,5-10H2,1-4H3. The predicted octanol–water partition coefficient (Wildman–Crippen LogP) is 1.65. The SMILES string of the molecule is CC(CC(C)C)=NCCOCCCS(=O)(=O)C(C)O. The Kier molecular flexibility index (Phi) is 9.22. The highest BCUT2D eigenvalue weighted by atomic mass is 32.2. The number of aliphatic hydroxyl groups excluding tert-OH is 1. The van der Waals surface area contributed by atoms with Crippen molar-refractivity contribution < 1.29 is 18.3 Å². The van der Waals surface area contributed by atoms with Gasteiger partial charge in [0.25, 0.3) is 0 Å². The van der Waals surface area contributed by atoms with Gasteiger partial charge in [-0.05, 0) is 32.6 Å². The van der Waals surface area contributed by atoms with Gasteiger partial charge in [0.15, 0.2) is 15.3 Å². The topological polar surface area (TPSA) is 76.0 Å². The number of hydrogen-bond acceptors (Lipinski definition) is 5. The van der Waals surface area contributed by atoms with Gasteiger partial charge in [0.2, 0.25) is 0 Å². The third-order valence-corrected chi connectivity index (χ3v) is 4.46. The molecule has 0 aliphatic heterocycles. The number of aliphatic hydroxyl groups is 1. The third-order valence-electron chi connectivity index (χ3n) is 2.56. The molecule has 114 valence electrons. The van der Waals surface area contributed by atoms with Crippen molar-refractivity contribution in [3.63, 3.8) is 0 Å². The smallest absolute Gasteiger partial charge is 0.176 e. The fraction of sp³-hybridized carbons (Fsp3) is 0.923. The van der Waals surface area contributed by atoms with Crippen LogP contribution in [0.1, 0.15) is 40.5 Å². The fourth-order valence-electron chi connectivity index (χ4n) is 1.59. The molecule has 5 nitrogen and oxygen atoms in total. The van der Waals surface area contributed by atoms with Crippen LogP contribution in [0.3, 0.4) is 0 Å². The lowest BCUT2D eigenvalue weighted by Crippen LogP contribution is -2.21. The maximum atomic E-state index is 11.3. The predicted molar refractivity (Wildman–Crippen MR) is 78.3 cm³/mol. The lowest BCUT2D eigenvalue weighted by molar-refractivity contribution is 0.142. The van der Waals surface area contributed by atoms with Crippen LogP contribution in [0.15, 0.2) is 4.99 Å². The van der Waals surface area contributed by atoms with Gasteiger partial charge < -0.3 is 9.84 Å². The minimum Gasteiger partial charge on any atom is -0.379 e. The maximum Gasteiger partial charge on any atom is 0.176 e. The van der Waals surface area contributed by atoms with Crippen molar-refractivity contribution >= 4 is 15.5 Å². The van der Waals surface area contributed by atoms with Crippen molar-refractivity contribution in [2.75, 3.05) is 25.5 Å². The van der Waals surface area contributed by atoms with Crippen LogP contribution in [0.5, 0.6) is 0 Å². The lowest BCUT2D eigenvalue weighted by Gasteiger charge is -2.07. The van der Waals surface area contributed by atoms with Gasteiger partial charge in [-0.15, -0.1) is 0 Å². The highest BCUT2D eigenvalue weighted by molar-refractivity contribution is 7.91. The van der Waals surface area contributed by atoms with E-state index in [1.165, 1.54) is 6.92 Å². The second kappa shape index (κ2) is 9.44. The summed E-state index contributed by atoms with van der Waals surface area (Å²) in [7, 11) is -3.37. The van der Waals surface area contributed by atoms with Crippen molar-refractivity contribution in [2.45, 2.75) is 46.0 Å². The first-order valence-corrected chi connectivity index (χ1v) is 8.44. The summed E-state index contributed by atoms with van der Waals surface area (Å²) < 4.78 is 27.9. The normalized spacial score (nSPS) is 14.9. The Labute approximate surface area is 117 Å². The number of ether oxygens (including phenoxy) is 1. The summed E-state index contributed by atoms with van der Waals surface area (Å²) in [5, 5.41) is 9.01. The molecule has 0 aliphatic rings. The van der Waals surface area contributed by atoms with Crippen LogP contribution in [0.2, 0.25) is 0 Å². The first-order valence-electron chi connectivity index (χ1n) is 6.73. The van der Waals surface area contributed by atoms with Crippen LogP contribution in [0.4, 0.5) is 0 Å². The number of aliphatic imine (C=N–C) groups is 1. The third kappa shape index (κ3) is 10.0. The largest absolute Gasteiger partial charge is 0.379 e. The Morgan fingerprint density at radius 1 is 1.26 bits per heavy atom. The summed E-state index contributed by atoms with van der Waals surface area (Å²) in [6, 6.07) is 0. The van der Waals surface area contributed by atoms with Gasteiger partial charge in [0.05, 0.1) is 18.9 Å². The molecule has 19 heavy (non-hydrogen) atoms. The monoisotopic (exact) mass is 293 g/mol. The van der Waals surface area contributed by atoms with E-state index in [1.807, 2.05) is 6.92 Å². The number of rotatable bonds is 10. The zero-order chi connectivity index (χ0) is 14.9. The van der Waals surface area contributed by atoms with Crippen LogP contribution < -0.4 is 0 Å². The van der Waals surface area contributed by atoms with Crippen LogP contribution >= 0.6 is 0 Å². The van der Waals surface area contributed by atoms with Crippen molar-refractivity contribution in [2.24, 2.45) is 10.9 Å². The van der Waals surface area contributed by atoms with E-state index in [0.29, 0.717) is 32.1 Å². The zero-order valence-electron chi connectivity index (χ0n) is 12.4. The van der Waals surface area contributed by atoms with Crippen molar-refractivity contribution in [1.29, 1.82) is 0 Å². The molecule has 6 heteroatoms. The van der Waals surface area contributed by atoms with Gasteiger partial charge in [0.1, 0.15) is 0 Å². The Hall–Kier alpha value is -0.460. The molecule has 0 radical (unpaired) electrons. The molecule has 0 amide bonds. The van der Waals surface area contributed by atoms with Crippen LogP contribution in [0.25, 0.3) is 0 Å². The van der Waals surface area contributed by atoms with E-state index in [-0.39, 0.29) is 5.75 Å². The van der Waals surface area contributed by atoms with E-state index in [1.54, 1.807) is 0 Å². The summed E-state index contributed by atoms with van der Waals surface area (Å²) in [4.78, 5) is 4.37. The Bertz CT molecular complexity index is 361.